The SMILES string of the molecule is Cc1c(Cc2ccccc2)c(=O)oc2cc(OCC(=O)Nc3nc4ccccc4[nH]3)ccc12. The molecule has 0 saturated carbocycles. The molecule has 33 heavy (non-hydrogen) atoms. The van der Waals surface area contributed by atoms with Crippen LogP contribution in [0.4, 0.5) is 5.95 Å². The van der Waals surface area contributed by atoms with Crippen LogP contribution >= 0.6 is 0 Å². The van der Waals surface area contributed by atoms with Crippen molar-refractivity contribution in [1.29, 1.82) is 0 Å². The predicted molar refractivity (Wildman–Crippen MR) is 127 cm³/mol. The molecule has 0 aliphatic carbocycles. The van der Waals surface area contributed by atoms with E-state index in [4.69, 9.17) is 9.15 Å². The highest BCUT2D eigenvalue weighted by Crippen LogP contribution is 2.25. The lowest BCUT2D eigenvalue weighted by Gasteiger charge is -2.10. The van der Waals surface area contributed by atoms with E-state index in [0.29, 0.717) is 29.3 Å². The minimum atomic E-state index is -0.372. The molecular formula is C26H21N3O4. The van der Waals surface area contributed by atoms with Crippen molar-refractivity contribution < 1.29 is 13.9 Å². The van der Waals surface area contributed by atoms with Crippen LogP contribution in [0.3, 0.4) is 0 Å². The highest BCUT2D eigenvalue weighted by atomic mass is 16.5. The van der Waals surface area contributed by atoms with Gasteiger partial charge >= 0.3 is 5.63 Å². The Morgan fingerprint density at radius 2 is 1.85 bits per heavy atom. The predicted octanol–water partition coefficient (Wildman–Crippen LogP) is 4.59. The zero-order valence-corrected chi connectivity index (χ0v) is 17.9. The summed E-state index contributed by atoms with van der Waals surface area (Å²) in [5.41, 5.74) is 4.20. The van der Waals surface area contributed by atoms with Gasteiger partial charge in [0.15, 0.2) is 6.61 Å². The van der Waals surface area contributed by atoms with Gasteiger partial charge in [-0.25, -0.2) is 9.78 Å². The highest BCUT2D eigenvalue weighted by molar-refractivity contribution is 5.92. The third-order valence-electron chi connectivity index (χ3n) is 5.50. The van der Waals surface area contributed by atoms with Gasteiger partial charge in [-0.1, -0.05) is 42.5 Å². The third-order valence-corrected chi connectivity index (χ3v) is 5.50. The molecule has 0 atom stereocenters. The molecule has 3 aromatic carbocycles. The number of hydrogen-bond acceptors (Lipinski definition) is 5. The summed E-state index contributed by atoms with van der Waals surface area (Å²) < 4.78 is 11.2. The molecule has 0 fully saturated rings. The monoisotopic (exact) mass is 439 g/mol. The van der Waals surface area contributed by atoms with E-state index < -0.39 is 0 Å². The quantitative estimate of drug-likeness (QED) is 0.377. The normalized spacial score (nSPS) is 11.1. The molecular weight excluding hydrogens is 418 g/mol. The van der Waals surface area contributed by atoms with Crippen LogP contribution in [0.2, 0.25) is 0 Å². The first-order valence-corrected chi connectivity index (χ1v) is 10.5. The van der Waals surface area contributed by atoms with Crippen LogP contribution in [0, 0.1) is 6.92 Å². The van der Waals surface area contributed by atoms with Crippen LogP contribution in [0.1, 0.15) is 16.7 Å². The summed E-state index contributed by atoms with van der Waals surface area (Å²) in [4.78, 5) is 32.3. The second-order valence-electron chi connectivity index (χ2n) is 7.75. The summed E-state index contributed by atoms with van der Waals surface area (Å²) in [6.07, 6.45) is 0.505. The number of aromatic amines is 1. The molecule has 7 nitrogen and oxygen atoms in total. The molecule has 1 amide bonds. The van der Waals surface area contributed by atoms with E-state index in [2.05, 4.69) is 15.3 Å². The first kappa shape index (κ1) is 20.5. The number of aromatic nitrogens is 2. The van der Waals surface area contributed by atoms with E-state index in [1.807, 2.05) is 67.6 Å². The summed E-state index contributed by atoms with van der Waals surface area (Å²) in [6, 6.07) is 22.5. The number of carbonyl (C=O) groups excluding carboxylic acids is 1. The van der Waals surface area contributed by atoms with Gasteiger partial charge in [-0.05, 0) is 42.3 Å². The molecule has 164 valence electrons. The molecule has 5 aromatic rings. The summed E-state index contributed by atoms with van der Waals surface area (Å²) in [7, 11) is 0. The molecule has 0 unspecified atom stereocenters. The molecule has 0 saturated heterocycles. The average molecular weight is 439 g/mol. The van der Waals surface area contributed by atoms with Crippen LogP contribution in [0.15, 0.2) is 82.0 Å². The van der Waals surface area contributed by atoms with Crippen molar-refractivity contribution in [3.63, 3.8) is 0 Å². The van der Waals surface area contributed by atoms with Crippen LogP contribution in [-0.2, 0) is 11.2 Å². The van der Waals surface area contributed by atoms with Crippen molar-refractivity contribution in [2.45, 2.75) is 13.3 Å². The molecule has 0 radical (unpaired) electrons. The fourth-order valence-corrected chi connectivity index (χ4v) is 3.80. The third kappa shape index (κ3) is 4.34. The molecule has 5 rings (SSSR count). The van der Waals surface area contributed by atoms with Crippen LogP contribution in [0.5, 0.6) is 5.75 Å². The smallest absolute Gasteiger partial charge is 0.340 e. The van der Waals surface area contributed by atoms with E-state index in [9.17, 15) is 9.59 Å². The number of fused-ring (bicyclic) bond motifs is 2. The van der Waals surface area contributed by atoms with E-state index in [1.165, 1.54) is 0 Å². The molecule has 2 heterocycles. The average Bonchev–Trinajstić information content (AvgIpc) is 3.23. The van der Waals surface area contributed by atoms with Gasteiger partial charge in [0.05, 0.1) is 11.0 Å². The fourth-order valence-electron chi connectivity index (χ4n) is 3.80. The Hall–Kier alpha value is -4.39. The van der Waals surface area contributed by atoms with Crippen molar-refractivity contribution in [2.24, 2.45) is 0 Å². The summed E-state index contributed by atoms with van der Waals surface area (Å²) in [5, 5.41) is 3.52. The number of carbonyl (C=O) groups is 1. The Morgan fingerprint density at radius 3 is 2.67 bits per heavy atom. The number of benzene rings is 3. The number of nitrogens with one attached hydrogen (secondary N) is 2. The van der Waals surface area contributed by atoms with E-state index in [0.717, 1.165) is 27.5 Å². The number of imidazole rings is 1. The van der Waals surface area contributed by atoms with Crippen LogP contribution < -0.4 is 15.7 Å². The zero-order valence-electron chi connectivity index (χ0n) is 17.9. The minimum absolute atomic E-state index is 0.210. The second-order valence-corrected chi connectivity index (χ2v) is 7.75. The van der Waals surface area contributed by atoms with Gasteiger partial charge < -0.3 is 14.1 Å². The Labute approximate surface area is 189 Å². The zero-order chi connectivity index (χ0) is 22.8. The lowest BCUT2D eigenvalue weighted by Crippen LogP contribution is -2.20. The molecule has 2 N–H and O–H groups in total. The number of nitrogens with zero attached hydrogens (tertiary/aromatic N) is 1. The van der Waals surface area contributed by atoms with Gasteiger partial charge in [0.2, 0.25) is 5.95 Å². The standard InChI is InChI=1S/C26H21N3O4/c1-16-19-12-11-18(14-23(19)33-25(31)20(16)13-17-7-3-2-4-8-17)32-15-24(30)29-26-27-21-9-5-6-10-22(21)28-26/h2-12,14H,13,15H2,1H3,(H2,27,28,29,30). The minimum Gasteiger partial charge on any atom is -0.484 e. The number of hydrogen-bond donors (Lipinski definition) is 2. The van der Waals surface area contributed by atoms with Gasteiger partial charge in [-0.3, -0.25) is 10.1 Å². The lowest BCUT2D eigenvalue weighted by atomic mass is 10.00. The Balaban J connectivity index is 1.30. The molecule has 0 aliphatic heterocycles. The molecule has 0 aliphatic rings. The Morgan fingerprint density at radius 1 is 1.06 bits per heavy atom. The maximum atomic E-state index is 12.6. The summed E-state index contributed by atoms with van der Waals surface area (Å²) >= 11 is 0. The van der Waals surface area contributed by atoms with Gasteiger partial charge in [0, 0.05) is 23.4 Å². The first-order valence-electron chi connectivity index (χ1n) is 10.5. The van der Waals surface area contributed by atoms with Crippen molar-refractivity contribution in [2.75, 3.05) is 11.9 Å². The van der Waals surface area contributed by atoms with Crippen molar-refractivity contribution in [1.82, 2.24) is 9.97 Å². The topological polar surface area (TPSA) is 97.2 Å². The van der Waals surface area contributed by atoms with Gasteiger partial charge in [-0.15, -0.1) is 0 Å². The van der Waals surface area contributed by atoms with Crippen LogP contribution in [0.25, 0.3) is 22.0 Å². The largest absolute Gasteiger partial charge is 0.484 e. The number of H-pyrrole nitrogens is 1. The van der Waals surface area contributed by atoms with E-state index >= 15 is 0 Å². The Bertz CT molecular complexity index is 1490. The lowest BCUT2D eigenvalue weighted by molar-refractivity contribution is -0.118. The van der Waals surface area contributed by atoms with Gasteiger partial charge in [0.25, 0.3) is 5.91 Å². The Kier molecular flexibility index (Phi) is 5.36. The number of anilines is 1. The van der Waals surface area contributed by atoms with Crippen molar-refractivity contribution in [3.05, 3.63) is 99.9 Å². The number of rotatable bonds is 6. The van der Waals surface area contributed by atoms with E-state index in [1.54, 1.807) is 12.1 Å². The maximum Gasteiger partial charge on any atom is 0.340 e. The van der Waals surface area contributed by atoms with Crippen molar-refractivity contribution in [3.8, 4) is 5.75 Å². The number of ether oxygens (including phenoxy) is 1. The van der Waals surface area contributed by atoms with Gasteiger partial charge in [-0.2, -0.15) is 0 Å². The summed E-state index contributed by atoms with van der Waals surface area (Å²) in [5.74, 6) is 0.432. The van der Waals surface area contributed by atoms with Crippen LogP contribution in [-0.4, -0.2) is 22.5 Å². The second kappa shape index (κ2) is 8.63. The maximum absolute atomic E-state index is 12.6. The van der Waals surface area contributed by atoms with Gasteiger partial charge in [0.1, 0.15) is 11.3 Å². The molecule has 0 bridgehead atoms. The number of aryl methyl sites for hydroxylation is 1. The fraction of sp³-hybridized carbons (Fsp3) is 0.115. The highest BCUT2D eigenvalue weighted by Gasteiger charge is 2.13. The molecule has 0 spiro atoms. The first-order chi connectivity index (χ1) is 16.1. The summed E-state index contributed by atoms with van der Waals surface area (Å²) in [6.45, 7) is 1.71. The number of amides is 1. The molecule has 2 aromatic heterocycles. The molecule has 7 heteroatoms. The van der Waals surface area contributed by atoms with Crippen molar-refractivity contribution >= 4 is 33.9 Å². The van der Waals surface area contributed by atoms with E-state index in [-0.39, 0.29) is 18.1 Å². The number of para-hydroxylation sites is 2.